The van der Waals surface area contributed by atoms with Gasteiger partial charge in [0.1, 0.15) is 0 Å². The van der Waals surface area contributed by atoms with Gasteiger partial charge in [0, 0.05) is 35.6 Å². The molecule has 3 rings (SSSR count). The molecule has 0 radical (unpaired) electrons. The quantitative estimate of drug-likeness (QED) is 0.750. The lowest BCUT2D eigenvalue weighted by atomic mass is 9.97. The number of aromatic nitrogens is 1. The molecular formula is C14H18N2. The van der Waals surface area contributed by atoms with Crippen molar-refractivity contribution in [3.8, 4) is 0 Å². The molecule has 0 saturated carbocycles. The van der Waals surface area contributed by atoms with Crippen molar-refractivity contribution in [2.75, 3.05) is 6.54 Å². The lowest BCUT2D eigenvalue weighted by Gasteiger charge is -2.19. The summed E-state index contributed by atoms with van der Waals surface area (Å²) in [4.78, 5) is 3.65. The number of H-pyrrole nitrogens is 1. The van der Waals surface area contributed by atoms with Gasteiger partial charge in [-0.3, -0.25) is 0 Å². The number of aryl methyl sites for hydroxylation is 1. The van der Waals surface area contributed by atoms with Gasteiger partial charge in [-0.15, -0.1) is 0 Å². The predicted octanol–water partition coefficient (Wildman–Crippen LogP) is 2.94. The molecule has 1 aromatic carbocycles. The highest BCUT2D eigenvalue weighted by molar-refractivity contribution is 5.87. The minimum Gasteiger partial charge on any atom is -0.358 e. The summed E-state index contributed by atoms with van der Waals surface area (Å²) < 4.78 is 0. The summed E-state index contributed by atoms with van der Waals surface area (Å²) in [5.41, 5.74) is 5.70. The molecule has 0 fully saturated rings. The van der Waals surface area contributed by atoms with Crippen LogP contribution in [0.3, 0.4) is 0 Å². The first-order valence-electron chi connectivity index (χ1n) is 6.14. The normalized spacial score (nSPS) is 20.0. The molecule has 1 aliphatic rings. The van der Waals surface area contributed by atoms with Crippen LogP contribution in [0.15, 0.2) is 18.2 Å². The Morgan fingerprint density at radius 3 is 3.06 bits per heavy atom. The standard InChI is InChI=1S/C14H18N2/c1-3-10-5-4-6-11-12-8-15-7-9(2)13(12)16-14(10)11/h4-6,9,15-16H,3,7-8H2,1-2H3. The van der Waals surface area contributed by atoms with E-state index in [1.807, 2.05) is 0 Å². The molecular weight excluding hydrogens is 196 g/mol. The van der Waals surface area contributed by atoms with Crippen molar-refractivity contribution in [3.63, 3.8) is 0 Å². The van der Waals surface area contributed by atoms with E-state index in [1.54, 1.807) is 0 Å². The number of fused-ring (bicyclic) bond motifs is 3. The van der Waals surface area contributed by atoms with Gasteiger partial charge in [0.2, 0.25) is 0 Å². The van der Waals surface area contributed by atoms with E-state index in [9.17, 15) is 0 Å². The highest BCUT2D eigenvalue weighted by Gasteiger charge is 2.21. The lowest BCUT2D eigenvalue weighted by Crippen LogP contribution is -2.26. The Kier molecular flexibility index (Phi) is 2.25. The van der Waals surface area contributed by atoms with Gasteiger partial charge in [0.25, 0.3) is 0 Å². The smallest absolute Gasteiger partial charge is 0.0491 e. The van der Waals surface area contributed by atoms with Crippen LogP contribution >= 0.6 is 0 Å². The minimum atomic E-state index is 0.598. The summed E-state index contributed by atoms with van der Waals surface area (Å²) in [6, 6.07) is 6.64. The third kappa shape index (κ3) is 1.30. The van der Waals surface area contributed by atoms with Crippen LogP contribution < -0.4 is 5.32 Å². The first-order chi connectivity index (χ1) is 7.81. The first-order valence-corrected chi connectivity index (χ1v) is 6.14. The third-order valence-electron chi connectivity index (χ3n) is 3.69. The minimum absolute atomic E-state index is 0.598. The van der Waals surface area contributed by atoms with Crippen LogP contribution in [0.2, 0.25) is 0 Å². The van der Waals surface area contributed by atoms with Gasteiger partial charge in [-0.1, -0.05) is 32.0 Å². The summed E-state index contributed by atoms with van der Waals surface area (Å²) in [7, 11) is 0. The molecule has 16 heavy (non-hydrogen) atoms. The molecule has 84 valence electrons. The molecule has 1 unspecified atom stereocenters. The molecule has 2 heteroatoms. The van der Waals surface area contributed by atoms with Crippen LogP contribution in [-0.2, 0) is 13.0 Å². The second-order valence-electron chi connectivity index (χ2n) is 4.74. The molecule has 2 nitrogen and oxygen atoms in total. The fourth-order valence-electron chi connectivity index (χ4n) is 2.78. The van der Waals surface area contributed by atoms with Crippen LogP contribution in [0.4, 0.5) is 0 Å². The monoisotopic (exact) mass is 214 g/mol. The van der Waals surface area contributed by atoms with Gasteiger partial charge in [-0.2, -0.15) is 0 Å². The second-order valence-corrected chi connectivity index (χ2v) is 4.74. The third-order valence-corrected chi connectivity index (χ3v) is 3.69. The SMILES string of the molecule is CCc1cccc2c3c([nH]c12)C(C)CNC3. The number of nitrogens with one attached hydrogen (secondary N) is 2. The Morgan fingerprint density at radius 1 is 1.38 bits per heavy atom. The second kappa shape index (κ2) is 3.63. The van der Waals surface area contributed by atoms with E-state index in [0.717, 1.165) is 19.5 Å². The van der Waals surface area contributed by atoms with Gasteiger partial charge >= 0.3 is 0 Å². The molecule has 2 heterocycles. The van der Waals surface area contributed by atoms with Crippen LogP contribution in [-0.4, -0.2) is 11.5 Å². The zero-order valence-electron chi connectivity index (χ0n) is 9.93. The highest BCUT2D eigenvalue weighted by atomic mass is 14.9. The van der Waals surface area contributed by atoms with E-state index in [2.05, 4.69) is 42.3 Å². The largest absolute Gasteiger partial charge is 0.358 e. The van der Waals surface area contributed by atoms with Gasteiger partial charge in [-0.25, -0.2) is 0 Å². The van der Waals surface area contributed by atoms with Crippen LogP contribution in [0.25, 0.3) is 10.9 Å². The molecule has 0 saturated heterocycles. The molecule has 1 aliphatic heterocycles. The number of hydrogen-bond acceptors (Lipinski definition) is 1. The van der Waals surface area contributed by atoms with Crippen LogP contribution in [0, 0.1) is 0 Å². The van der Waals surface area contributed by atoms with Crippen molar-refractivity contribution in [1.82, 2.24) is 10.3 Å². The molecule has 1 atom stereocenters. The molecule has 2 N–H and O–H groups in total. The summed E-state index contributed by atoms with van der Waals surface area (Å²) in [5, 5.41) is 4.90. The zero-order chi connectivity index (χ0) is 11.1. The maximum Gasteiger partial charge on any atom is 0.0491 e. The number of rotatable bonds is 1. The Balaban J connectivity index is 2.31. The molecule has 0 bridgehead atoms. The van der Waals surface area contributed by atoms with E-state index >= 15 is 0 Å². The predicted molar refractivity (Wildman–Crippen MR) is 67.8 cm³/mol. The molecule has 2 aromatic rings. The maximum absolute atomic E-state index is 3.65. The molecule has 1 aromatic heterocycles. The number of para-hydroxylation sites is 1. The number of aromatic amines is 1. The van der Waals surface area contributed by atoms with Gasteiger partial charge in [-0.05, 0) is 17.5 Å². The summed E-state index contributed by atoms with van der Waals surface area (Å²) in [6.07, 6.45) is 1.10. The Labute approximate surface area is 96.1 Å². The van der Waals surface area contributed by atoms with E-state index in [1.165, 1.54) is 27.7 Å². The fourth-order valence-corrected chi connectivity index (χ4v) is 2.78. The van der Waals surface area contributed by atoms with Crippen molar-refractivity contribution in [3.05, 3.63) is 35.0 Å². The number of benzene rings is 1. The van der Waals surface area contributed by atoms with E-state index in [-0.39, 0.29) is 0 Å². The fraction of sp³-hybridized carbons (Fsp3) is 0.429. The Hall–Kier alpha value is -1.28. The lowest BCUT2D eigenvalue weighted by molar-refractivity contribution is 0.565. The van der Waals surface area contributed by atoms with Crippen LogP contribution in [0.5, 0.6) is 0 Å². The Morgan fingerprint density at radius 2 is 2.25 bits per heavy atom. The zero-order valence-corrected chi connectivity index (χ0v) is 9.93. The van der Waals surface area contributed by atoms with Gasteiger partial charge in [0.15, 0.2) is 0 Å². The summed E-state index contributed by atoms with van der Waals surface area (Å²) in [6.45, 7) is 6.59. The van der Waals surface area contributed by atoms with E-state index < -0.39 is 0 Å². The topological polar surface area (TPSA) is 27.8 Å². The molecule has 0 amide bonds. The first kappa shape index (κ1) is 9.91. The average Bonchev–Trinajstić information content (AvgIpc) is 2.69. The van der Waals surface area contributed by atoms with Crippen LogP contribution in [0.1, 0.15) is 36.6 Å². The maximum atomic E-state index is 3.65. The van der Waals surface area contributed by atoms with Crippen molar-refractivity contribution in [1.29, 1.82) is 0 Å². The van der Waals surface area contributed by atoms with Crippen molar-refractivity contribution in [2.45, 2.75) is 32.7 Å². The number of hydrogen-bond donors (Lipinski definition) is 2. The van der Waals surface area contributed by atoms with Crippen molar-refractivity contribution >= 4 is 10.9 Å². The molecule has 0 aliphatic carbocycles. The van der Waals surface area contributed by atoms with Gasteiger partial charge in [0.05, 0.1) is 0 Å². The van der Waals surface area contributed by atoms with E-state index in [0.29, 0.717) is 5.92 Å². The van der Waals surface area contributed by atoms with Crippen molar-refractivity contribution in [2.24, 2.45) is 0 Å². The summed E-state index contributed by atoms with van der Waals surface area (Å²) in [5.74, 6) is 0.598. The highest BCUT2D eigenvalue weighted by Crippen LogP contribution is 2.31. The summed E-state index contributed by atoms with van der Waals surface area (Å²) >= 11 is 0. The van der Waals surface area contributed by atoms with Gasteiger partial charge < -0.3 is 10.3 Å². The molecule has 0 spiro atoms. The van der Waals surface area contributed by atoms with E-state index in [4.69, 9.17) is 0 Å². The average molecular weight is 214 g/mol. The van der Waals surface area contributed by atoms with Crippen molar-refractivity contribution < 1.29 is 0 Å². The Bertz CT molecular complexity index is 525.